The number of hydrogen-bond donors (Lipinski definition) is 0. The summed E-state index contributed by atoms with van der Waals surface area (Å²) in [5, 5.41) is 0. The van der Waals surface area contributed by atoms with E-state index in [2.05, 4.69) is 18.7 Å². The van der Waals surface area contributed by atoms with Crippen LogP contribution in [-0.2, 0) is 0 Å². The Labute approximate surface area is 57.0 Å². The predicted octanol–water partition coefficient (Wildman–Crippen LogP) is 1.49. The van der Waals surface area contributed by atoms with Gasteiger partial charge in [-0.15, -0.1) is 0 Å². The highest BCUT2D eigenvalue weighted by molar-refractivity contribution is 4.93. The molecular weight excluding hydrogens is 110 g/mol. The summed E-state index contributed by atoms with van der Waals surface area (Å²) >= 11 is 0. The molecule has 2 fully saturated rings. The van der Waals surface area contributed by atoms with E-state index in [0.29, 0.717) is 0 Å². The van der Waals surface area contributed by atoms with Crippen LogP contribution in [0.1, 0.15) is 26.7 Å². The van der Waals surface area contributed by atoms with E-state index in [0.717, 1.165) is 18.0 Å². The van der Waals surface area contributed by atoms with Crippen molar-refractivity contribution in [3.05, 3.63) is 0 Å². The predicted molar refractivity (Wildman–Crippen MR) is 38.4 cm³/mol. The lowest BCUT2D eigenvalue weighted by atomic mass is 9.97. The maximum atomic E-state index is 2.64. The van der Waals surface area contributed by atoms with Gasteiger partial charge in [-0.25, -0.2) is 0 Å². The summed E-state index contributed by atoms with van der Waals surface area (Å²) in [5.74, 6) is 1.05. The van der Waals surface area contributed by atoms with Gasteiger partial charge < -0.3 is 0 Å². The van der Waals surface area contributed by atoms with Gasteiger partial charge in [-0.2, -0.15) is 0 Å². The van der Waals surface area contributed by atoms with E-state index in [1.54, 1.807) is 0 Å². The third-order valence-electron chi connectivity index (χ3n) is 2.95. The fraction of sp³-hybridized carbons (Fsp3) is 1.00. The van der Waals surface area contributed by atoms with Crippen molar-refractivity contribution in [2.45, 2.75) is 38.8 Å². The highest BCUT2D eigenvalue weighted by atomic mass is 15.2. The second-order valence-corrected chi connectivity index (χ2v) is 3.73. The van der Waals surface area contributed by atoms with Crippen LogP contribution in [-0.4, -0.2) is 23.5 Å². The summed E-state index contributed by atoms with van der Waals surface area (Å²) in [6.07, 6.45) is 2.93. The molecule has 52 valence electrons. The Balaban J connectivity index is 2.13. The average Bonchev–Trinajstić information content (AvgIpc) is 2.22. The van der Waals surface area contributed by atoms with Crippen LogP contribution < -0.4 is 0 Å². The van der Waals surface area contributed by atoms with Crippen LogP contribution in [0.15, 0.2) is 0 Å². The molecule has 2 atom stereocenters. The lowest BCUT2D eigenvalue weighted by molar-refractivity contribution is 0.210. The summed E-state index contributed by atoms with van der Waals surface area (Å²) < 4.78 is 0. The first-order valence-electron chi connectivity index (χ1n) is 4.03. The standard InChI is InChI=1S/C8H15N/c1-6-3-8-4-7(2)9(6)5-8/h6-8H,3-5H2,1-2H3. The first-order chi connectivity index (χ1) is 4.27. The van der Waals surface area contributed by atoms with Gasteiger partial charge in [-0.1, -0.05) is 0 Å². The molecule has 2 unspecified atom stereocenters. The lowest BCUT2D eigenvalue weighted by Gasteiger charge is -2.27. The van der Waals surface area contributed by atoms with Gasteiger partial charge in [-0.3, -0.25) is 4.90 Å². The average molecular weight is 125 g/mol. The molecule has 0 spiro atoms. The minimum absolute atomic E-state index is 0.888. The monoisotopic (exact) mass is 125 g/mol. The molecule has 9 heavy (non-hydrogen) atoms. The highest BCUT2D eigenvalue weighted by Crippen LogP contribution is 2.36. The van der Waals surface area contributed by atoms with Crippen molar-refractivity contribution in [1.82, 2.24) is 4.90 Å². The second kappa shape index (κ2) is 1.72. The van der Waals surface area contributed by atoms with Gasteiger partial charge >= 0.3 is 0 Å². The summed E-state index contributed by atoms with van der Waals surface area (Å²) in [6, 6.07) is 1.78. The minimum atomic E-state index is 0.888. The van der Waals surface area contributed by atoms with Gasteiger partial charge in [0.05, 0.1) is 0 Å². The maximum absolute atomic E-state index is 2.64. The Hall–Kier alpha value is -0.0400. The largest absolute Gasteiger partial charge is 0.298 e. The van der Waals surface area contributed by atoms with Crippen LogP contribution in [0.2, 0.25) is 0 Å². The molecule has 2 saturated heterocycles. The van der Waals surface area contributed by atoms with E-state index in [9.17, 15) is 0 Å². The number of hydrogen-bond acceptors (Lipinski definition) is 1. The molecule has 2 aliphatic rings. The van der Waals surface area contributed by atoms with Crippen LogP contribution in [0, 0.1) is 5.92 Å². The molecule has 2 bridgehead atoms. The van der Waals surface area contributed by atoms with Gasteiger partial charge in [0.2, 0.25) is 0 Å². The molecule has 0 aromatic rings. The van der Waals surface area contributed by atoms with Crippen molar-refractivity contribution in [2.75, 3.05) is 6.54 Å². The maximum Gasteiger partial charge on any atom is 0.00729 e. The van der Waals surface area contributed by atoms with E-state index >= 15 is 0 Å². The summed E-state index contributed by atoms with van der Waals surface area (Å²) in [7, 11) is 0. The summed E-state index contributed by atoms with van der Waals surface area (Å²) in [4.78, 5) is 2.64. The zero-order valence-corrected chi connectivity index (χ0v) is 6.30. The third-order valence-corrected chi connectivity index (χ3v) is 2.95. The van der Waals surface area contributed by atoms with Crippen LogP contribution in [0.3, 0.4) is 0 Å². The van der Waals surface area contributed by atoms with Gasteiger partial charge in [0.25, 0.3) is 0 Å². The molecule has 0 aromatic heterocycles. The Morgan fingerprint density at radius 2 is 1.67 bits per heavy atom. The molecule has 0 saturated carbocycles. The van der Waals surface area contributed by atoms with Gasteiger partial charge in [0.15, 0.2) is 0 Å². The molecule has 2 rings (SSSR count). The van der Waals surface area contributed by atoms with Crippen molar-refractivity contribution >= 4 is 0 Å². The number of fused-ring (bicyclic) bond motifs is 2. The van der Waals surface area contributed by atoms with E-state index < -0.39 is 0 Å². The van der Waals surface area contributed by atoms with Gasteiger partial charge in [0.1, 0.15) is 0 Å². The molecule has 2 aliphatic heterocycles. The lowest BCUT2D eigenvalue weighted by Crippen LogP contribution is -2.33. The molecule has 2 heterocycles. The number of rotatable bonds is 0. The zero-order chi connectivity index (χ0) is 6.43. The molecule has 1 heteroatoms. The van der Waals surface area contributed by atoms with Crippen molar-refractivity contribution in [3.63, 3.8) is 0 Å². The topological polar surface area (TPSA) is 3.24 Å². The Morgan fingerprint density at radius 1 is 1.11 bits per heavy atom. The SMILES string of the molecule is CC1CC2CC(C)N1C2. The fourth-order valence-corrected chi connectivity index (χ4v) is 2.57. The Bertz CT molecular complexity index is 110. The van der Waals surface area contributed by atoms with Crippen LogP contribution in [0.5, 0.6) is 0 Å². The summed E-state index contributed by atoms with van der Waals surface area (Å²) in [6.45, 7) is 6.10. The van der Waals surface area contributed by atoms with E-state index in [1.165, 1.54) is 19.4 Å². The van der Waals surface area contributed by atoms with Crippen LogP contribution in [0.25, 0.3) is 0 Å². The molecule has 0 radical (unpaired) electrons. The first-order valence-corrected chi connectivity index (χ1v) is 4.03. The summed E-state index contributed by atoms with van der Waals surface area (Å²) in [5.41, 5.74) is 0. The molecule has 0 N–H and O–H groups in total. The van der Waals surface area contributed by atoms with Gasteiger partial charge in [-0.05, 0) is 32.6 Å². The third kappa shape index (κ3) is 0.710. The Kier molecular flexibility index (Phi) is 1.10. The van der Waals surface area contributed by atoms with Crippen LogP contribution in [0.4, 0.5) is 0 Å². The Morgan fingerprint density at radius 3 is 1.89 bits per heavy atom. The molecule has 0 aromatic carbocycles. The normalized spacial score (nSPS) is 56.7. The van der Waals surface area contributed by atoms with Crippen molar-refractivity contribution in [2.24, 2.45) is 5.92 Å². The van der Waals surface area contributed by atoms with E-state index in [-0.39, 0.29) is 0 Å². The van der Waals surface area contributed by atoms with E-state index in [4.69, 9.17) is 0 Å². The van der Waals surface area contributed by atoms with Crippen molar-refractivity contribution in [1.29, 1.82) is 0 Å². The minimum Gasteiger partial charge on any atom is -0.298 e. The van der Waals surface area contributed by atoms with Gasteiger partial charge in [0, 0.05) is 18.6 Å². The smallest absolute Gasteiger partial charge is 0.00729 e. The molecule has 1 nitrogen and oxygen atoms in total. The van der Waals surface area contributed by atoms with Crippen molar-refractivity contribution < 1.29 is 0 Å². The molecular formula is C8H15N. The molecule has 0 aliphatic carbocycles. The quantitative estimate of drug-likeness (QED) is 0.474. The van der Waals surface area contributed by atoms with Crippen LogP contribution >= 0.6 is 0 Å². The zero-order valence-electron chi connectivity index (χ0n) is 6.30. The second-order valence-electron chi connectivity index (χ2n) is 3.73. The highest BCUT2D eigenvalue weighted by Gasteiger charge is 2.39. The fourth-order valence-electron chi connectivity index (χ4n) is 2.57. The van der Waals surface area contributed by atoms with Crippen molar-refractivity contribution in [3.8, 4) is 0 Å². The number of piperidine rings is 1. The van der Waals surface area contributed by atoms with E-state index in [1.807, 2.05) is 0 Å². The first kappa shape index (κ1) is 5.72. The number of nitrogens with zero attached hydrogens (tertiary/aromatic N) is 1. The molecule has 0 amide bonds.